The lowest BCUT2D eigenvalue weighted by Crippen LogP contribution is -2.18. The lowest BCUT2D eigenvalue weighted by atomic mass is 10.1. The molecule has 1 aromatic rings. The van der Waals surface area contributed by atoms with E-state index in [1.807, 2.05) is 24.1 Å². The predicted molar refractivity (Wildman–Crippen MR) is 62.7 cm³/mol. The molecule has 0 aliphatic carbocycles. The van der Waals surface area contributed by atoms with E-state index in [-0.39, 0.29) is 0 Å². The Balaban J connectivity index is 2.68. The number of benzene rings is 1. The molecule has 0 fully saturated rings. The number of nitrogens with zero attached hydrogens (tertiary/aromatic N) is 3. The van der Waals surface area contributed by atoms with E-state index in [0.29, 0.717) is 30.1 Å². The molecule has 0 aliphatic heterocycles. The van der Waals surface area contributed by atoms with Crippen molar-refractivity contribution < 1.29 is 0 Å². The molecular formula is C12H12ClN3. The standard InChI is InChI=1S/C12H12ClN3/c1-16(6-2-5-14)9-11-4-3-10(8-15)7-12(11)13/h3-4,7H,2,6,9H2,1H3. The van der Waals surface area contributed by atoms with Gasteiger partial charge < -0.3 is 4.90 Å². The summed E-state index contributed by atoms with van der Waals surface area (Å²) in [6, 6.07) is 9.40. The monoisotopic (exact) mass is 233 g/mol. The minimum atomic E-state index is 0.504. The molecule has 3 nitrogen and oxygen atoms in total. The first kappa shape index (κ1) is 12.5. The van der Waals surface area contributed by atoms with Crippen molar-refractivity contribution in [3.63, 3.8) is 0 Å². The van der Waals surface area contributed by atoms with E-state index in [9.17, 15) is 0 Å². The van der Waals surface area contributed by atoms with Crippen molar-refractivity contribution in [2.75, 3.05) is 13.6 Å². The Morgan fingerprint density at radius 2 is 2.12 bits per heavy atom. The van der Waals surface area contributed by atoms with Crippen LogP contribution in [0.1, 0.15) is 17.5 Å². The van der Waals surface area contributed by atoms with Gasteiger partial charge in [-0.05, 0) is 24.7 Å². The lowest BCUT2D eigenvalue weighted by molar-refractivity contribution is 0.335. The van der Waals surface area contributed by atoms with Gasteiger partial charge in [-0.2, -0.15) is 10.5 Å². The third-order valence-corrected chi connectivity index (χ3v) is 2.58. The second-order valence-electron chi connectivity index (χ2n) is 3.56. The molecule has 0 spiro atoms. The zero-order chi connectivity index (χ0) is 12.0. The quantitative estimate of drug-likeness (QED) is 0.803. The Labute approximate surface area is 100 Å². The number of nitriles is 2. The number of hydrogen-bond donors (Lipinski definition) is 0. The maximum atomic E-state index is 8.70. The summed E-state index contributed by atoms with van der Waals surface area (Å²) < 4.78 is 0. The molecule has 0 saturated heterocycles. The Morgan fingerprint density at radius 3 is 2.69 bits per heavy atom. The van der Waals surface area contributed by atoms with Crippen LogP contribution in [0.25, 0.3) is 0 Å². The molecule has 1 rings (SSSR count). The summed E-state index contributed by atoms with van der Waals surface area (Å²) in [6.45, 7) is 1.40. The first-order chi connectivity index (χ1) is 7.67. The van der Waals surface area contributed by atoms with Gasteiger partial charge in [0.05, 0.1) is 17.7 Å². The van der Waals surface area contributed by atoms with E-state index in [0.717, 1.165) is 5.56 Å². The zero-order valence-corrected chi connectivity index (χ0v) is 9.83. The molecule has 4 heteroatoms. The Bertz CT molecular complexity index is 443. The van der Waals surface area contributed by atoms with Gasteiger partial charge in [-0.3, -0.25) is 0 Å². The van der Waals surface area contributed by atoms with Gasteiger partial charge in [-0.25, -0.2) is 0 Å². The van der Waals surface area contributed by atoms with Gasteiger partial charge in [0, 0.05) is 24.5 Å². The van der Waals surface area contributed by atoms with Gasteiger partial charge in [-0.15, -0.1) is 0 Å². The lowest BCUT2D eigenvalue weighted by Gasteiger charge is -2.15. The van der Waals surface area contributed by atoms with Crippen molar-refractivity contribution in [2.24, 2.45) is 0 Å². The molecule has 0 atom stereocenters. The first-order valence-corrected chi connectivity index (χ1v) is 5.29. The average molecular weight is 234 g/mol. The van der Waals surface area contributed by atoms with E-state index < -0.39 is 0 Å². The van der Waals surface area contributed by atoms with Crippen LogP contribution in [0.5, 0.6) is 0 Å². The summed E-state index contributed by atoms with van der Waals surface area (Å²) in [5, 5.41) is 17.8. The van der Waals surface area contributed by atoms with Crippen LogP contribution >= 0.6 is 11.6 Å². The van der Waals surface area contributed by atoms with Crippen LogP contribution in [0, 0.1) is 22.7 Å². The highest BCUT2D eigenvalue weighted by atomic mass is 35.5. The van der Waals surface area contributed by atoms with Gasteiger partial charge in [0.1, 0.15) is 0 Å². The number of rotatable bonds is 4. The molecule has 1 aromatic carbocycles. The van der Waals surface area contributed by atoms with Gasteiger partial charge in [0.15, 0.2) is 0 Å². The molecule has 0 unspecified atom stereocenters. The highest BCUT2D eigenvalue weighted by Crippen LogP contribution is 2.18. The minimum Gasteiger partial charge on any atom is -0.301 e. The molecule has 0 N–H and O–H groups in total. The fourth-order valence-electron chi connectivity index (χ4n) is 1.36. The fraction of sp³-hybridized carbons (Fsp3) is 0.333. The van der Waals surface area contributed by atoms with E-state index in [2.05, 4.69) is 6.07 Å². The van der Waals surface area contributed by atoms with Crippen molar-refractivity contribution in [1.82, 2.24) is 4.90 Å². The van der Waals surface area contributed by atoms with Crippen LogP contribution in [0.4, 0.5) is 0 Å². The molecule has 0 aliphatic rings. The highest BCUT2D eigenvalue weighted by molar-refractivity contribution is 6.31. The highest BCUT2D eigenvalue weighted by Gasteiger charge is 2.05. The largest absolute Gasteiger partial charge is 0.301 e. The van der Waals surface area contributed by atoms with Crippen LogP contribution in [0.2, 0.25) is 5.02 Å². The van der Waals surface area contributed by atoms with Crippen LogP contribution in [0.3, 0.4) is 0 Å². The molecule has 82 valence electrons. The van der Waals surface area contributed by atoms with Gasteiger partial charge in [0.25, 0.3) is 0 Å². The summed E-state index contributed by atoms with van der Waals surface area (Å²) in [6.07, 6.45) is 0.504. The molecule has 16 heavy (non-hydrogen) atoms. The van der Waals surface area contributed by atoms with E-state index >= 15 is 0 Å². The van der Waals surface area contributed by atoms with E-state index in [4.69, 9.17) is 22.1 Å². The summed E-state index contributed by atoms with van der Waals surface area (Å²) in [5.41, 5.74) is 1.54. The number of halogens is 1. The van der Waals surface area contributed by atoms with Crippen molar-refractivity contribution in [1.29, 1.82) is 10.5 Å². The molecule has 0 radical (unpaired) electrons. The minimum absolute atomic E-state index is 0.504. The predicted octanol–water partition coefficient (Wildman–Crippen LogP) is 2.56. The summed E-state index contributed by atoms with van der Waals surface area (Å²) in [7, 11) is 1.94. The summed E-state index contributed by atoms with van der Waals surface area (Å²) in [4.78, 5) is 2.02. The second kappa shape index (κ2) is 6.12. The van der Waals surface area contributed by atoms with Crippen LogP contribution in [-0.2, 0) is 6.54 Å². The molecule has 0 bridgehead atoms. The van der Waals surface area contributed by atoms with E-state index in [1.54, 1.807) is 12.1 Å². The van der Waals surface area contributed by atoms with Gasteiger partial charge in [0.2, 0.25) is 0 Å². The van der Waals surface area contributed by atoms with Crippen molar-refractivity contribution in [2.45, 2.75) is 13.0 Å². The maximum absolute atomic E-state index is 8.70. The Morgan fingerprint density at radius 1 is 1.38 bits per heavy atom. The Kier molecular flexibility index (Phi) is 4.79. The average Bonchev–Trinajstić information content (AvgIpc) is 2.29. The van der Waals surface area contributed by atoms with Crippen molar-refractivity contribution in [3.05, 3.63) is 34.3 Å². The smallest absolute Gasteiger partial charge is 0.0992 e. The van der Waals surface area contributed by atoms with Crippen LogP contribution in [-0.4, -0.2) is 18.5 Å². The molecule has 0 aromatic heterocycles. The number of hydrogen-bond acceptors (Lipinski definition) is 3. The molecule has 0 heterocycles. The second-order valence-corrected chi connectivity index (χ2v) is 3.97. The fourth-order valence-corrected chi connectivity index (χ4v) is 1.60. The van der Waals surface area contributed by atoms with Gasteiger partial charge >= 0.3 is 0 Å². The molecule has 0 amide bonds. The SMILES string of the molecule is CN(CCC#N)Cc1ccc(C#N)cc1Cl. The summed E-state index contributed by atoms with van der Waals surface area (Å²) in [5.74, 6) is 0. The van der Waals surface area contributed by atoms with E-state index in [1.165, 1.54) is 0 Å². The van der Waals surface area contributed by atoms with Crippen LogP contribution < -0.4 is 0 Å². The van der Waals surface area contributed by atoms with Crippen molar-refractivity contribution >= 4 is 11.6 Å². The summed E-state index contributed by atoms with van der Waals surface area (Å²) >= 11 is 6.04. The normalized spacial score (nSPS) is 9.81. The third kappa shape index (κ3) is 3.55. The zero-order valence-electron chi connectivity index (χ0n) is 9.07. The topological polar surface area (TPSA) is 50.8 Å². The van der Waals surface area contributed by atoms with Crippen LogP contribution in [0.15, 0.2) is 18.2 Å². The molecule has 0 saturated carbocycles. The first-order valence-electron chi connectivity index (χ1n) is 4.91. The van der Waals surface area contributed by atoms with Crippen molar-refractivity contribution in [3.8, 4) is 12.1 Å². The van der Waals surface area contributed by atoms with Gasteiger partial charge in [-0.1, -0.05) is 17.7 Å². The maximum Gasteiger partial charge on any atom is 0.0992 e. The third-order valence-electron chi connectivity index (χ3n) is 2.23. The molecular weight excluding hydrogens is 222 g/mol. The Hall–Kier alpha value is -1.55.